The first kappa shape index (κ1) is 16.1. The van der Waals surface area contributed by atoms with Crippen molar-refractivity contribution < 1.29 is 0 Å². The zero-order chi connectivity index (χ0) is 15.4. The second-order valence-electron chi connectivity index (χ2n) is 5.55. The molecule has 21 heavy (non-hydrogen) atoms. The number of aryl methyl sites for hydroxylation is 3. The summed E-state index contributed by atoms with van der Waals surface area (Å²) < 4.78 is 0. The topological polar surface area (TPSA) is 12.0 Å². The average Bonchev–Trinajstić information content (AvgIpc) is 2.45. The lowest BCUT2D eigenvalue weighted by atomic mass is 9.90. The Bertz CT molecular complexity index is 596. The SMILES string of the molecule is CCNC(c1ccccc1SC)c1c(C)cc(C)cc1C. The molecule has 0 aliphatic heterocycles. The van der Waals surface area contributed by atoms with Crippen LogP contribution in [0.25, 0.3) is 0 Å². The van der Waals surface area contributed by atoms with Gasteiger partial charge in [-0.3, -0.25) is 0 Å². The Morgan fingerprint density at radius 2 is 1.67 bits per heavy atom. The summed E-state index contributed by atoms with van der Waals surface area (Å²) in [7, 11) is 0. The first-order chi connectivity index (χ1) is 10.1. The minimum Gasteiger partial charge on any atom is -0.306 e. The van der Waals surface area contributed by atoms with E-state index in [1.165, 1.54) is 32.7 Å². The quantitative estimate of drug-likeness (QED) is 0.777. The van der Waals surface area contributed by atoms with Crippen molar-refractivity contribution in [2.75, 3.05) is 12.8 Å². The van der Waals surface area contributed by atoms with Gasteiger partial charge in [0.2, 0.25) is 0 Å². The van der Waals surface area contributed by atoms with Gasteiger partial charge in [-0.15, -0.1) is 11.8 Å². The minimum atomic E-state index is 0.263. The summed E-state index contributed by atoms with van der Waals surface area (Å²) >= 11 is 1.82. The van der Waals surface area contributed by atoms with Gasteiger partial charge in [-0.05, 0) is 61.9 Å². The van der Waals surface area contributed by atoms with Crippen molar-refractivity contribution in [2.45, 2.75) is 38.6 Å². The molecular formula is C19H25NS. The summed E-state index contributed by atoms with van der Waals surface area (Å²) in [5, 5.41) is 3.68. The molecule has 0 aromatic heterocycles. The van der Waals surface area contributed by atoms with Crippen molar-refractivity contribution in [1.29, 1.82) is 0 Å². The van der Waals surface area contributed by atoms with Gasteiger partial charge in [0.25, 0.3) is 0 Å². The largest absolute Gasteiger partial charge is 0.306 e. The van der Waals surface area contributed by atoms with Gasteiger partial charge in [0.05, 0.1) is 6.04 Å². The molecule has 1 N–H and O–H groups in total. The van der Waals surface area contributed by atoms with Crippen molar-refractivity contribution in [3.8, 4) is 0 Å². The summed E-state index contributed by atoms with van der Waals surface area (Å²) in [4.78, 5) is 1.35. The highest BCUT2D eigenvalue weighted by atomic mass is 32.2. The molecule has 0 fully saturated rings. The van der Waals surface area contributed by atoms with E-state index in [4.69, 9.17) is 0 Å². The van der Waals surface area contributed by atoms with E-state index < -0.39 is 0 Å². The zero-order valence-electron chi connectivity index (χ0n) is 13.7. The predicted molar refractivity (Wildman–Crippen MR) is 94.4 cm³/mol. The van der Waals surface area contributed by atoms with Crippen LogP contribution in [0.4, 0.5) is 0 Å². The number of benzene rings is 2. The van der Waals surface area contributed by atoms with Crippen LogP contribution in [0.3, 0.4) is 0 Å². The second kappa shape index (κ2) is 7.15. The fourth-order valence-electron chi connectivity index (χ4n) is 3.12. The van der Waals surface area contributed by atoms with Crippen LogP contribution in [-0.4, -0.2) is 12.8 Å². The Labute approximate surface area is 133 Å². The lowest BCUT2D eigenvalue weighted by Crippen LogP contribution is -2.24. The first-order valence-electron chi connectivity index (χ1n) is 7.52. The molecule has 0 saturated heterocycles. The van der Waals surface area contributed by atoms with Gasteiger partial charge in [0, 0.05) is 4.90 Å². The molecule has 2 rings (SSSR count). The van der Waals surface area contributed by atoms with E-state index in [9.17, 15) is 0 Å². The summed E-state index contributed by atoms with van der Waals surface area (Å²) in [6.07, 6.45) is 2.15. The third-order valence-electron chi connectivity index (χ3n) is 3.88. The molecule has 0 radical (unpaired) electrons. The van der Waals surface area contributed by atoms with Crippen LogP contribution in [0.15, 0.2) is 41.3 Å². The molecule has 0 heterocycles. The highest BCUT2D eigenvalue weighted by Crippen LogP contribution is 2.33. The molecular weight excluding hydrogens is 274 g/mol. The molecule has 0 amide bonds. The Balaban J connectivity index is 2.59. The minimum absolute atomic E-state index is 0.263. The fraction of sp³-hybridized carbons (Fsp3) is 0.368. The number of thioether (sulfide) groups is 1. The number of rotatable bonds is 5. The number of hydrogen-bond acceptors (Lipinski definition) is 2. The van der Waals surface area contributed by atoms with Crippen LogP contribution in [0.2, 0.25) is 0 Å². The van der Waals surface area contributed by atoms with Crippen LogP contribution in [0, 0.1) is 20.8 Å². The number of hydrogen-bond donors (Lipinski definition) is 1. The molecule has 0 saturated carbocycles. The highest BCUT2D eigenvalue weighted by Gasteiger charge is 2.20. The van der Waals surface area contributed by atoms with Gasteiger partial charge in [0.15, 0.2) is 0 Å². The van der Waals surface area contributed by atoms with Crippen molar-refractivity contribution in [3.63, 3.8) is 0 Å². The van der Waals surface area contributed by atoms with Crippen molar-refractivity contribution >= 4 is 11.8 Å². The van der Waals surface area contributed by atoms with E-state index in [1.807, 2.05) is 11.8 Å². The normalized spacial score (nSPS) is 12.4. The van der Waals surface area contributed by atoms with Gasteiger partial charge in [-0.2, -0.15) is 0 Å². The third kappa shape index (κ3) is 3.50. The van der Waals surface area contributed by atoms with E-state index in [2.05, 4.69) is 75.7 Å². The maximum atomic E-state index is 3.68. The summed E-state index contributed by atoms with van der Waals surface area (Å²) in [6.45, 7) is 9.75. The van der Waals surface area contributed by atoms with Gasteiger partial charge in [-0.1, -0.05) is 42.8 Å². The van der Waals surface area contributed by atoms with E-state index in [0.717, 1.165) is 6.54 Å². The van der Waals surface area contributed by atoms with Gasteiger partial charge < -0.3 is 5.32 Å². The fourth-order valence-corrected chi connectivity index (χ4v) is 3.76. The van der Waals surface area contributed by atoms with E-state index in [-0.39, 0.29) is 6.04 Å². The molecule has 1 atom stereocenters. The van der Waals surface area contributed by atoms with Crippen LogP contribution < -0.4 is 5.32 Å². The van der Waals surface area contributed by atoms with Crippen LogP contribution in [0.1, 0.15) is 40.8 Å². The Kier molecular flexibility index (Phi) is 5.49. The van der Waals surface area contributed by atoms with Gasteiger partial charge >= 0.3 is 0 Å². The molecule has 0 spiro atoms. The summed E-state index contributed by atoms with van der Waals surface area (Å²) in [5.41, 5.74) is 6.87. The van der Waals surface area contributed by atoms with E-state index >= 15 is 0 Å². The standard InChI is InChI=1S/C19H25NS/c1-6-20-19(16-9-7-8-10-17(16)21-5)18-14(3)11-13(2)12-15(18)4/h7-12,19-20H,6H2,1-5H3. The maximum Gasteiger partial charge on any atom is 0.0592 e. The molecule has 0 aliphatic carbocycles. The van der Waals surface area contributed by atoms with Crippen LogP contribution in [-0.2, 0) is 0 Å². The smallest absolute Gasteiger partial charge is 0.0592 e. The van der Waals surface area contributed by atoms with Crippen molar-refractivity contribution in [1.82, 2.24) is 5.32 Å². The second-order valence-corrected chi connectivity index (χ2v) is 6.39. The Morgan fingerprint density at radius 3 is 2.24 bits per heavy atom. The zero-order valence-corrected chi connectivity index (χ0v) is 14.5. The summed E-state index contributed by atoms with van der Waals surface area (Å²) in [6, 6.07) is 13.6. The molecule has 1 nitrogen and oxygen atoms in total. The lowest BCUT2D eigenvalue weighted by Gasteiger charge is -2.25. The average molecular weight is 299 g/mol. The monoisotopic (exact) mass is 299 g/mol. The Hall–Kier alpha value is -1.25. The molecule has 2 heteroatoms. The first-order valence-corrected chi connectivity index (χ1v) is 8.75. The molecule has 2 aromatic rings. The molecule has 0 aliphatic rings. The lowest BCUT2D eigenvalue weighted by molar-refractivity contribution is 0.616. The van der Waals surface area contributed by atoms with Crippen molar-refractivity contribution in [2.24, 2.45) is 0 Å². The highest BCUT2D eigenvalue weighted by molar-refractivity contribution is 7.98. The molecule has 1 unspecified atom stereocenters. The predicted octanol–water partition coefficient (Wildman–Crippen LogP) is 5.03. The van der Waals surface area contributed by atoms with Gasteiger partial charge in [-0.25, -0.2) is 0 Å². The van der Waals surface area contributed by atoms with Crippen LogP contribution >= 0.6 is 11.8 Å². The molecule has 2 aromatic carbocycles. The van der Waals surface area contributed by atoms with Crippen molar-refractivity contribution in [3.05, 3.63) is 64.2 Å². The maximum absolute atomic E-state index is 3.68. The Morgan fingerprint density at radius 1 is 1.05 bits per heavy atom. The van der Waals surface area contributed by atoms with Crippen LogP contribution in [0.5, 0.6) is 0 Å². The van der Waals surface area contributed by atoms with E-state index in [0.29, 0.717) is 0 Å². The summed E-state index contributed by atoms with van der Waals surface area (Å²) in [5.74, 6) is 0. The molecule has 112 valence electrons. The third-order valence-corrected chi connectivity index (χ3v) is 4.70. The van der Waals surface area contributed by atoms with E-state index in [1.54, 1.807) is 0 Å². The number of nitrogens with one attached hydrogen (secondary N) is 1. The molecule has 0 bridgehead atoms. The van der Waals surface area contributed by atoms with Gasteiger partial charge in [0.1, 0.15) is 0 Å².